The molecule has 3 N–H and O–H groups in total. The highest BCUT2D eigenvalue weighted by atomic mass is 19.1. The van der Waals surface area contributed by atoms with Crippen molar-refractivity contribution in [2.45, 2.75) is 37.3 Å². The molecule has 2 aromatic heterocycles. The summed E-state index contributed by atoms with van der Waals surface area (Å²) in [6.45, 7) is 1.58. The van der Waals surface area contributed by atoms with Gasteiger partial charge in [0, 0.05) is 29.2 Å². The van der Waals surface area contributed by atoms with Gasteiger partial charge < -0.3 is 20.4 Å². The van der Waals surface area contributed by atoms with E-state index in [0.29, 0.717) is 17.3 Å². The van der Waals surface area contributed by atoms with Crippen molar-refractivity contribution in [3.8, 4) is 11.5 Å². The molecular formula is C28H27FN6O2. The molecule has 1 unspecified atom stereocenters. The lowest BCUT2D eigenvalue weighted by atomic mass is 9.87. The number of halogens is 1. The summed E-state index contributed by atoms with van der Waals surface area (Å²) in [4.78, 5) is 17.2. The zero-order valence-corrected chi connectivity index (χ0v) is 20.2. The van der Waals surface area contributed by atoms with E-state index in [9.17, 15) is 9.18 Å². The molecule has 0 saturated carbocycles. The maximum absolute atomic E-state index is 13.8. The number of nitrogens with one attached hydrogen (secondary N) is 3. The zero-order chi connectivity index (χ0) is 25.2. The number of amides is 1. The van der Waals surface area contributed by atoms with Crippen LogP contribution in [-0.2, 0) is 12.0 Å². The number of nitrogens with zero attached hydrogens (tertiary/aromatic N) is 3. The molecule has 3 heterocycles. The first-order valence-electron chi connectivity index (χ1n) is 12.5. The van der Waals surface area contributed by atoms with Crippen LogP contribution in [0.2, 0.25) is 0 Å². The number of carbonyl (C=O) groups excluding carboxylic acids is 1. The predicted molar refractivity (Wildman–Crippen MR) is 136 cm³/mol. The van der Waals surface area contributed by atoms with Gasteiger partial charge in [-0.3, -0.25) is 9.78 Å². The van der Waals surface area contributed by atoms with E-state index in [1.807, 2.05) is 30.3 Å². The van der Waals surface area contributed by atoms with Crippen LogP contribution < -0.4 is 16.0 Å². The van der Waals surface area contributed by atoms with Gasteiger partial charge in [-0.05, 0) is 92.4 Å². The summed E-state index contributed by atoms with van der Waals surface area (Å²) < 4.78 is 19.9. The third kappa shape index (κ3) is 4.70. The summed E-state index contributed by atoms with van der Waals surface area (Å²) in [5.74, 6) is 0.480. The van der Waals surface area contributed by atoms with Gasteiger partial charge in [-0.1, -0.05) is 12.1 Å². The van der Waals surface area contributed by atoms with Gasteiger partial charge in [0.1, 0.15) is 11.4 Å². The maximum atomic E-state index is 13.8. The van der Waals surface area contributed by atoms with Crippen molar-refractivity contribution in [3.63, 3.8) is 0 Å². The summed E-state index contributed by atoms with van der Waals surface area (Å²) >= 11 is 0. The lowest BCUT2D eigenvalue weighted by Crippen LogP contribution is -2.45. The van der Waals surface area contributed by atoms with E-state index in [0.717, 1.165) is 61.2 Å². The molecule has 0 spiro atoms. The lowest BCUT2D eigenvalue weighted by molar-refractivity contribution is 0.0936. The van der Waals surface area contributed by atoms with E-state index in [1.165, 1.54) is 12.1 Å². The Kier molecular flexibility index (Phi) is 6.13. The van der Waals surface area contributed by atoms with Gasteiger partial charge in [-0.15, -0.1) is 10.2 Å². The number of hydrogen-bond donors (Lipinski definition) is 3. The van der Waals surface area contributed by atoms with Crippen LogP contribution in [-0.4, -0.2) is 34.2 Å². The summed E-state index contributed by atoms with van der Waals surface area (Å²) in [6.07, 6.45) is 6.45. The fraction of sp³-hybridized carbons (Fsp3) is 0.286. The average Bonchev–Trinajstić information content (AvgIpc) is 3.58. The second-order valence-corrected chi connectivity index (χ2v) is 9.59. The van der Waals surface area contributed by atoms with E-state index in [4.69, 9.17) is 4.42 Å². The van der Waals surface area contributed by atoms with Gasteiger partial charge >= 0.3 is 0 Å². The highest BCUT2D eigenvalue weighted by molar-refractivity contribution is 5.95. The van der Waals surface area contributed by atoms with Crippen molar-refractivity contribution in [2.75, 3.05) is 18.4 Å². The van der Waals surface area contributed by atoms with Gasteiger partial charge in [-0.25, -0.2) is 4.39 Å². The number of carbonyl (C=O) groups is 1. The number of rotatable bonds is 6. The minimum Gasteiger partial charge on any atom is -0.418 e. The van der Waals surface area contributed by atoms with Crippen molar-refractivity contribution in [1.82, 2.24) is 25.8 Å². The van der Waals surface area contributed by atoms with E-state index in [1.54, 1.807) is 24.5 Å². The lowest BCUT2D eigenvalue weighted by Gasteiger charge is -2.36. The SMILES string of the molecule is O=C(NC1CCc2ccc(F)cc21)c1cccc(NC2(c3nnc(-c4ccncc4)o3)CCNCC2)c1. The van der Waals surface area contributed by atoms with E-state index in [-0.39, 0.29) is 17.8 Å². The molecule has 1 atom stereocenters. The number of pyridine rings is 1. The van der Waals surface area contributed by atoms with Crippen LogP contribution in [0, 0.1) is 5.82 Å². The molecule has 9 heteroatoms. The Balaban J connectivity index is 1.23. The number of hydrogen-bond acceptors (Lipinski definition) is 7. The van der Waals surface area contributed by atoms with Crippen LogP contribution in [0.1, 0.15) is 52.7 Å². The zero-order valence-electron chi connectivity index (χ0n) is 20.2. The molecular weight excluding hydrogens is 471 g/mol. The van der Waals surface area contributed by atoms with Crippen molar-refractivity contribution in [1.29, 1.82) is 0 Å². The highest BCUT2D eigenvalue weighted by Crippen LogP contribution is 2.36. The minimum atomic E-state index is -0.569. The second kappa shape index (κ2) is 9.74. The Morgan fingerprint density at radius 2 is 1.89 bits per heavy atom. The number of fused-ring (bicyclic) bond motifs is 1. The fourth-order valence-electron chi connectivity index (χ4n) is 5.25. The Bertz CT molecular complexity index is 1420. The molecule has 6 rings (SSSR count). The number of piperidine rings is 1. The molecule has 2 aromatic carbocycles. The summed E-state index contributed by atoms with van der Waals surface area (Å²) in [7, 11) is 0. The van der Waals surface area contributed by atoms with Crippen LogP contribution in [0.3, 0.4) is 0 Å². The molecule has 4 aromatic rings. The number of aryl methyl sites for hydroxylation is 1. The topological polar surface area (TPSA) is 105 Å². The highest BCUT2D eigenvalue weighted by Gasteiger charge is 2.39. The van der Waals surface area contributed by atoms with Crippen molar-refractivity contribution in [2.24, 2.45) is 0 Å². The molecule has 1 aliphatic carbocycles. The average molecular weight is 499 g/mol. The van der Waals surface area contributed by atoms with Gasteiger partial charge in [0.25, 0.3) is 5.91 Å². The fourth-order valence-corrected chi connectivity index (χ4v) is 5.25. The standard InChI is InChI=1S/C28H27FN6O2/c29-21-6-4-18-5-7-24(23(18)17-21)32-25(36)20-2-1-3-22(16-20)33-28(10-14-31-15-11-28)27-35-34-26(37-27)19-8-12-30-13-9-19/h1-4,6,8-9,12-13,16-17,24,31,33H,5,7,10-11,14-15H2,(H,32,36). The minimum absolute atomic E-state index is 0.192. The van der Waals surface area contributed by atoms with Crippen LogP contribution >= 0.6 is 0 Å². The Morgan fingerprint density at radius 1 is 1.05 bits per heavy atom. The Morgan fingerprint density at radius 3 is 2.73 bits per heavy atom. The molecule has 1 fully saturated rings. The third-order valence-corrected chi connectivity index (χ3v) is 7.22. The molecule has 188 valence electrons. The monoisotopic (exact) mass is 498 g/mol. The van der Waals surface area contributed by atoms with E-state index >= 15 is 0 Å². The molecule has 1 aliphatic heterocycles. The predicted octanol–water partition coefficient (Wildman–Crippen LogP) is 4.38. The molecule has 0 bridgehead atoms. The third-order valence-electron chi connectivity index (χ3n) is 7.22. The van der Waals surface area contributed by atoms with Crippen molar-refractivity contribution < 1.29 is 13.6 Å². The molecule has 8 nitrogen and oxygen atoms in total. The first-order valence-corrected chi connectivity index (χ1v) is 12.5. The molecule has 37 heavy (non-hydrogen) atoms. The first-order chi connectivity index (χ1) is 18.1. The number of aromatic nitrogens is 3. The van der Waals surface area contributed by atoms with Gasteiger partial charge in [0.05, 0.1) is 6.04 Å². The normalized spacial score (nSPS) is 18.2. The molecule has 1 amide bonds. The number of anilines is 1. The second-order valence-electron chi connectivity index (χ2n) is 9.59. The Labute approximate surface area is 213 Å². The van der Waals surface area contributed by atoms with Crippen molar-refractivity contribution >= 4 is 11.6 Å². The van der Waals surface area contributed by atoms with E-state index < -0.39 is 5.54 Å². The van der Waals surface area contributed by atoms with Gasteiger partial charge in [-0.2, -0.15) is 0 Å². The quantitative estimate of drug-likeness (QED) is 0.362. The maximum Gasteiger partial charge on any atom is 0.251 e. The summed E-state index contributed by atoms with van der Waals surface area (Å²) in [5.41, 5.74) is 3.50. The van der Waals surface area contributed by atoms with Crippen LogP contribution in [0.5, 0.6) is 0 Å². The number of benzene rings is 2. The molecule has 2 aliphatic rings. The van der Waals surface area contributed by atoms with Crippen molar-refractivity contribution in [3.05, 3.63) is 95.4 Å². The van der Waals surface area contributed by atoms with Gasteiger partial charge in [0.2, 0.25) is 11.8 Å². The smallest absolute Gasteiger partial charge is 0.251 e. The molecule has 1 saturated heterocycles. The van der Waals surface area contributed by atoms with E-state index in [2.05, 4.69) is 31.1 Å². The Hall–Kier alpha value is -4.11. The molecule has 0 radical (unpaired) electrons. The van der Waals surface area contributed by atoms with Crippen LogP contribution in [0.25, 0.3) is 11.5 Å². The van der Waals surface area contributed by atoms with Crippen LogP contribution in [0.4, 0.5) is 10.1 Å². The summed E-state index contributed by atoms with van der Waals surface area (Å²) in [6, 6.07) is 15.7. The largest absolute Gasteiger partial charge is 0.418 e. The first kappa shape index (κ1) is 23.3. The van der Waals surface area contributed by atoms with Gasteiger partial charge in [0.15, 0.2) is 0 Å². The van der Waals surface area contributed by atoms with Crippen LogP contribution in [0.15, 0.2) is 71.4 Å². The summed E-state index contributed by atoms with van der Waals surface area (Å²) in [5, 5.41) is 18.8.